The molecule has 2 rings (SSSR count). The molecule has 1 amide bonds. The van der Waals surface area contributed by atoms with Gasteiger partial charge in [-0.1, -0.05) is 29.8 Å². The van der Waals surface area contributed by atoms with Crippen LogP contribution in [0.2, 0.25) is 5.02 Å². The van der Waals surface area contributed by atoms with Gasteiger partial charge in [0.1, 0.15) is 5.56 Å². The first-order chi connectivity index (χ1) is 10.0. The third-order valence-electron chi connectivity index (χ3n) is 2.81. The number of nitrogens with one attached hydrogen (secondary N) is 1. The fourth-order valence-corrected chi connectivity index (χ4v) is 2.03. The summed E-state index contributed by atoms with van der Waals surface area (Å²) in [6.07, 6.45) is 0. The number of nitrogens with zero attached hydrogens (tertiary/aromatic N) is 1. The van der Waals surface area contributed by atoms with Crippen molar-refractivity contribution in [1.82, 2.24) is 0 Å². The summed E-state index contributed by atoms with van der Waals surface area (Å²) in [5.74, 6) is -0.663. The number of carbonyl (C=O) groups is 1. The molecule has 0 saturated heterocycles. The van der Waals surface area contributed by atoms with Crippen LogP contribution in [0.5, 0.6) is 0 Å². The van der Waals surface area contributed by atoms with Crippen LogP contribution in [0.15, 0.2) is 42.5 Å². The van der Waals surface area contributed by atoms with Crippen molar-refractivity contribution >= 4 is 28.9 Å². The van der Waals surface area contributed by atoms with Gasteiger partial charge in [-0.05, 0) is 23.8 Å². The SMILES string of the molecule is O=C(Nc1ccc(CO)cc1)c1c(Cl)cccc1[N+](=O)[O-]. The molecule has 0 aliphatic rings. The Balaban J connectivity index is 2.29. The number of rotatable bonds is 4. The van der Waals surface area contributed by atoms with E-state index >= 15 is 0 Å². The standard InChI is InChI=1S/C14H11ClN2O4/c15-11-2-1-3-12(17(20)21)13(11)14(19)16-10-6-4-9(8-18)5-7-10/h1-7,18H,8H2,(H,16,19). The average molecular weight is 307 g/mol. The fourth-order valence-electron chi connectivity index (χ4n) is 1.78. The van der Waals surface area contributed by atoms with E-state index in [4.69, 9.17) is 16.7 Å². The minimum absolute atomic E-state index is 0.00804. The molecule has 2 aromatic rings. The van der Waals surface area contributed by atoms with Crippen LogP contribution in [0, 0.1) is 10.1 Å². The van der Waals surface area contributed by atoms with Crippen molar-refractivity contribution in [2.75, 3.05) is 5.32 Å². The maximum absolute atomic E-state index is 12.2. The smallest absolute Gasteiger partial charge is 0.283 e. The van der Waals surface area contributed by atoms with Crippen molar-refractivity contribution in [1.29, 1.82) is 0 Å². The van der Waals surface area contributed by atoms with Gasteiger partial charge in [0.05, 0.1) is 16.6 Å². The number of aliphatic hydroxyl groups is 1. The number of benzene rings is 2. The molecule has 0 bridgehead atoms. The Morgan fingerprint density at radius 3 is 2.48 bits per heavy atom. The Labute approximate surface area is 125 Å². The lowest BCUT2D eigenvalue weighted by atomic mass is 10.1. The minimum Gasteiger partial charge on any atom is -0.392 e. The van der Waals surface area contributed by atoms with Crippen molar-refractivity contribution in [2.24, 2.45) is 0 Å². The number of hydrogen-bond acceptors (Lipinski definition) is 4. The van der Waals surface area contributed by atoms with Crippen LogP contribution in [0.3, 0.4) is 0 Å². The van der Waals surface area contributed by atoms with Crippen molar-refractivity contribution < 1.29 is 14.8 Å². The van der Waals surface area contributed by atoms with Crippen LogP contribution in [0.1, 0.15) is 15.9 Å². The van der Waals surface area contributed by atoms with Crippen molar-refractivity contribution in [3.05, 3.63) is 68.7 Å². The zero-order valence-corrected chi connectivity index (χ0v) is 11.5. The number of halogens is 1. The molecule has 0 spiro atoms. The first-order valence-corrected chi connectivity index (χ1v) is 6.34. The lowest BCUT2D eigenvalue weighted by Crippen LogP contribution is -2.14. The molecule has 0 fully saturated rings. The highest BCUT2D eigenvalue weighted by Gasteiger charge is 2.23. The highest BCUT2D eigenvalue weighted by atomic mass is 35.5. The van der Waals surface area contributed by atoms with E-state index in [9.17, 15) is 14.9 Å². The van der Waals surface area contributed by atoms with Gasteiger partial charge in [-0.15, -0.1) is 0 Å². The van der Waals surface area contributed by atoms with Gasteiger partial charge in [-0.25, -0.2) is 0 Å². The van der Waals surface area contributed by atoms with E-state index in [1.165, 1.54) is 18.2 Å². The number of amides is 1. The second-order valence-electron chi connectivity index (χ2n) is 4.20. The molecule has 0 radical (unpaired) electrons. The molecular weight excluding hydrogens is 296 g/mol. The second-order valence-corrected chi connectivity index (χ2v) is 4.61. The van der Waals surface area contributed by atoms with E-state index in [1.54, 1.807) is 24.3 Å². The Bertz CT molecular complexity index is 686. The molecule has 0 aromatic heterocycles. The molecule has 2 N–H and O–H groups in total. The number of aliphatic hydroxyl groups excluding tert-OH is 1. The lowest BCUT2D eigenvalue weighted by molar-refractivity contribution is -0.385. The monoisotopic (exact) mass is 306 g/mol. The molecule has 0 saturated carbocycles. The van der Waals surface area contributed by atoms with Gasteiger partial charge in [0.15, 0.2) is 0 Å². The van der Waals surface area contributed by atoms with Gasteiger partial charge < -0.3 is 10.4 Å². The molecule has 21 heavy (non-hydrogen) atoms. The number of nitro benzene ring substituents is 1. The van der Waals surface area contributed by atoms with Crippen LogP contribution in [-0.2, 0) is 6.61 Å². The van der Waals surface area contributed by atoms with Gasteiger partial charge in [-0.2, -0.15) is 0 Å². The van der Waals surface area contributed by atoms with Crippen LogP contribution in [0.25, 0.3) is 0 Å². The average Bonchev–Trinajstić information content (AvgIpc) is 2.47. The van der Waals surface area contributed by atoms with E-state index < -0.39 is 10.8 Å². The molecule has 108 valence electrons. The van der Waals surface area contributed by atoms with E-state index in [2.05, 4.69) is 5.32 Å². The summed E-state index contributed by atoms with van der Waals surface area (Å²) >= 11 is 5.88. The zero-order valence-electron chi connectivity index (χ0n) is 10.7. The molecule has 2 aromatic carbocycles. The van der Waals surface area contributed by atoms with Crippen LogP contribution in [0.4, 0.5) is 11.4 Å². The first kappa shape index (κ1) is 15.0. The minimum atomic E-state index is -0.663. The van der Waals surface area contributed by atoms with Crippen molar-refractivity contribution in [2.45, 2.75) is 6.61 Å². The summed E-state index contributed by atoms with van der Waals surface area (Å²) in [5.41, 5.74) is 0.602. The summed E-state index contributed by atoms with van der Waals surface area (Å²) in [4.78, 5) is 22.5. The van der Waals surface area contributed by atoms with E-state index in [0.29, 0.717) is 11.3 Å². The predicted molar refractivity (Wildman–Crippen MR) is 78.4 cm³/mol. The van der Waals surface area contributed by atoms with Gasteiger partial charge in [0.2, 0.25) is 0 Å². The van der Waals surface area contributed by atoms with Gasteiger partial charge in [0, 0.05) is 11.8 Å². The van der Waals surface area contributed by atoms with E-state index in [1.807, 2.05) is 0 Å². The van der Waals surface area contributed by atoms with Gasteiger partial charge in [0.25, 0.3) is 11.6 Å². The van der Waals surface area contributed by atoms with Gasteiger partial charge >= 0.3 is 0 Å². The molecule has 0 aliphatic carbocycles. The molecule has 0 unspecified atom stereocenters. The Morgan fingerprint density at radius 1 is 1.24 bits per heavy atom. The predicted octanol–water partition coefficient (Wildman–Crippen LogP) is 2.99. The number of nitro groups is 1. The fraction of sp³-hybridized carbons (Fsp3) is 0.0714. The maximum atomic E-state index is 12.2. The molecule has 7 heteroatoms. The normalized spacial score (nSPS) is 10.2. The largest absolute Gasteiger partial charge is 0.392 e. The molecule has 0 heterocycles. The number of anilines is 1. The molecule has 6 nitrogen and oxygen atoms in total. The number of carbonyl (C=O) groups excluding carboxylic acids is 1. The van der Waals surface area contributed by atoms with Crippen LogP contribution >= 0.6 is 11.6 Å². The summed E-state index contributed by atoms with van der Waals surface area (Å²) in [5, 5.41) is 22.4. The maximum Gasteiger partial charge on any atom is 0.283 e. The topological polar surface area (TPSA) is 92.5 Å². The highest BCUT2D eigenvalue weighted by molar-refractivity contribution is 6.35. The summed E-state index contributed by atoms with van der Waals surface area (Å²) in [6.45, 7) is -0.107. The Kier molecular flexibility index (Phi) is 4.52. The van der Waals surface area contributed by atoms with Gasteiger partial charge in [-0.3, -0.25) is 14.9 Å². The number of hydrogen-bond donors (Lipinski definition) is 2. The summed E-state index contributed by atoms with van der Waals surface area (Å²) in [6, 6.07) is 10.5. The summed E-state index contributed by atoms with van der Waals surface area (Å²) in [7, 11) is 0. The zero-order chi connectivity index (χ0) is 15.4. The third kappa shape index (κ3) is 3.36. The Hall–Kier alpha value is -2.44. The Morgan fingerprint density at radius 2 is 1.90 bits per heavy atom. The quantitative estimate of drug-likeness (QED) is 0.671. The second kappa shape index (κ2) is 6.34. The summed E-state index contributed by atoms with van der Waals surface area (Å²) < 4.78 is 0. The lowest BCUT2D eigenvalue weighted by Gasteiger charge is -2.07. The van der Waals surface area contributed by atoms with E-state index in [0.717, 1.165) is 0 Å². The molecule has 0 aliphatic heterocycles. The first-order valence-electron chi connectivity index (χ1n) is 5.97. The van der Waals surface area contributed by atoms with Crippen LogP contribution in [-0.4, -0.2) is 15.9 Å². The highest BCUT2D eigenvalue weighted by Crippen LogP contribution is 2.27. The van der Waals surface area contributed by atoms with Crippen molar-refractivity contribution in [3.63, 3.8) is 0 Å². The molecule has 0 atom stereocenters. The third-order valence-corrected chi connectivity index (χ3v) is 3.12. The molecular formula is C14H11ClN2O4. The van der Waals surface area contributed by atoms with Crippen LogP contribution < -0.4 is 5.32 Å². The van der Waals surface area contributed by atoms with E-state index in [-0.39, 0.29) is 22.9 Å². The van der Waals surface area contributed by atoms with Crippen molar-refractivity contribution in [3.8, 4) is 0 Å².